The Bertz CT molecular complexity index is 1150. The van der Waals surface area contributed by atoms with E-state index in [0.717, 1.165) is 28.0 Å². The zero-order chi connectivity index (χ0) is 19.0. The first kappa shape index (κ1) is 17.6. The largest absolute Gasteiger partial charge is 0.338 e. The summed E-state index contributed by atoms with van der Waals surface area (Å²) in [6.07, 6.45) is 0. The minimum Gasteiger partial charge on any atom is -0.338 e. The standard InChI is InChI=1S/C21H15Cl2N3O/c1-12-3-2-4-18-19(12)26-20(25-18)13-5-8-15(9-6-13)24-21(27)14-7-10-16(22)17(23)11-14/h2-11H,1H3,(H,24,27)(H,25,26). The third kappa shape index (κ3) is 3.54. The summed E-state index contributed by atoms with van der Waals surface area (Å²) in [5, 5.41) is 3.61. The van der Waals surface area contributed by atoms with Gasteiger partial charge in [-0.3, -0.25) is 4.79 Å². The fourth-order valence-electron chi connectivity index (χ4n) is 2.86. The maximum absolute atomic E-state index is 12.4. The summed E-state index contributed by atoms with van der Waals surface area (Å²) in [7, 11) is 0. The number of carbonyl (C=O) groups is 1. The number of halogens is 2. The number of aryl methyl sites for hydroxylation is 1. The number of amides is 1. The maximum Gasteiger partial charge on any atom is 0.255 e. The molecule has 0 unspecified atom stereocenters. The molecule has 134 valence electrons. The lowest BCUT2D eigenvalue weighted by Crippen LogP contribution is -2.11. The van der Waals surface area contributed by atoms with Gasteiger partial charge in [0.25, 0.3) is 5.91 Å². The molecule has 0 saturated carbocycles. The fraction of sp³-hybridized carbons (Fsp3) is 0.0476. The molecule has 4 aromatic rings. The number of rotatable bonds is 3. The van der Waals surface area contributed by atoms with Crippen molar-refractivity contribution in [3.05, 3.63) is 81.8 Å². The van der Waals surface area contributed by atoms with Crippen molar-refractivity contribution in [2.75, 3.05) is 5.32 Å². The quantitative estimate of drug-likeness (QED) is 0.440. The highest BCUT2D eigenvalue weighted by atomic mass is 35.5. The summed E-state index contributed by atoms with van der Waals surface area (Å²) < 4.78 is 0. The van der Waals surface area contributed by atoms with Crippen LogP contribution in [0, 0.1) is 6.92 Å². The molecule has 1 aromatic heterocycles. The predicted molar refractivity (Wildman–Crippen MR) is 111 cm³/mol. The Morgan fingerprint density at radius 3 is 2.48 bits per heavy atom. The highest BCUT2D eigenvalue weighted by Crippen LogP contribution is 2.25. The number of nitrogens with zero attached hydrogens (tertiary/aromatic N) is 1. The van der Waals surface area contributed by atoms with Crippen LogP contribution < -0.4 is 5.32 Å². The van der Waals surface area contributed by atoms with Gasteiger partial charge in [-0.1, -0.05) is 35.3 Å². The summed E-state index contributed by atoms with van der Waals surface area (Å²) >= 11 is 11.9. The Morgan fingerprint density at radius 2 is 1.78 bits per heavy atom. The molecule has 0 aliphatic rings. The van der Waals surface area contributed by atoms with E-state index in [-0.39, 0.29) is 5.91 Å². The SMILES string of the molecule is Cc1cccc2[nH]c(-c3ccc(NC(=O)c4ccc(Cl)c(Cl)c4)cc3)nc12. The van der Waals surface area contributed by atoms with Crippen molar-refractivity contribution in [1.29, 1.82) is 0 Å². The second-order valence-electron chi connectivity index (χ2n) is 6.22. The van der Waals surface area contributed by atoms with Gasteiger partial charge in [0.15, 0.2) is 0 Å². The number of aromatic amines is 1. The van der Waals surface area contributed by atoms with E-state index >= 15 is 0 Å². The van der Waals surface area contributed by atoms with Gasteiger partial charge in [-0.05, 0) is 61.0 Å². The van der Waals surface area contributed by atoms with Crippen molar-refractivity contribution >= 4 is 45.8 Å². The topological polar surface area (TPSA) is 57.8 Å². The molecule has 6 heteroatoms. The third-order valence-corrected chi connectivity index (χ3v) is 5.05. The number of carbonyl (C=O) groups excluding carboxylic acids is 1. The van der Waals surface area contributed by atoms with Crippen LogP contribution in [0.3, 0.4) is 0 Å². The number of H-pyrrole nitrogens is 1. The average Bonchev–Trinajstić information content (AvgIpc) is 3.10. The molecule has 0 saturated heterocycles. The maximum atomic E-state index is 12.4. The first-order valence-electron chi connectivity index (χ1n) is 8.33. The Morgan fingerprint density at radius 1 is 1.00 bits per heavy atom. The van der Waals surface area contributed by atoms with Crippen molar-refractivity contribution in [2.24, 2.45) is 0 Å². The number of fused-ring (bicyclic) bond motifs is 1. The molecule has 4 rings (SSSR count). The van der Waals surface area contributed by atoms with Crippen LogP contribution in [0.1, 0.15) is 15.9 Å². The monoisotopic (exact) mass is 395 g/mol. The molecule has 0 spiro atoms. The van der Waals surface area contributed by atoms with E-state index < -0.39 is 0 Å². The van der Waals surface area contributed by atoms with Gasteiger partial charge in [-0.15, -0.1) is 0 Å². The van der Waals surface area contributed by atoms with E-state index in [0.29, 0.717) is 21.3 Å². The lowest BCUT2D eigenvalue weighted by Gasteiger charge is -2.07. The summed E-state index contributed by atoms with van der Waals surface area (Å²) in [6.45, 7) is 2.04. The van der Waals surface area contributed by atoms with Gasteiger partial charge in [0, 0.05) is 16.8 Å². The van der Waals surface area contributed by atoms with Crippen LogP contribution in [-0.4, -0.2) is 15.9 Å². The van der Waals surface area contributed by atoms with Gasteiger partial charge in [0.2, 0.25) is 0 Å². The number of hydrogen-bond donors (Lipinski definition) is 2. The van der Waals surface area contributed by atoms with Crippen LogP contribution in [0.5, 0.6) is 0 Å². The summed E-state index contributed by atoms with van der Waals surface area (Å²) in [5.41, 5.74) is 5.16. The average molecular weight is 396 g/mol. The molecule has 1 heterocycles. The number of aromatic nitrogens is 2. The van der Waals surface area contributed by atoms with Crippen molar-refractivity contribution in [1.82, 2.24) is 9.97 Å². The zero-order valence-electron chi connectivity index (χ0n) is 14.4. The summed E-state index contributed by atoms with van der Waals surface area (Å²) in [5.74, 6) is 0.544. The Hall–Kier alpha value is -2.82. The minimum atomic E-state index is -0.249. The molecule has 0 atom stereocenters. The van der Waals surface area contributed by atoms with E-state index in [1.54, 1.807) is 18.2 Å². The lowest BCUT2D eigenvalue weighted by atomic mass is 10.1. The molecule has 3 aromatic carbocycles. The molecule has 4 nitrogen and oxygen atoms in total. The van der Waals surface area contributed by atoms with E-state index in [2.05, 4.69) is 15.3 Å². The van der Waals surface area contributed by atoms with Crippen LogP contribution in [0.2, 0.25) is 10.0 Å². The van der Waals surface area contributed by atoms with Crippen molar-refractivity contribution in [2.45, 2.75) is 6.92 Å². The third-order valence-electron chi connectivity index (χ3n) is 4.31. The molecular formula is C21H15Cl2N3O. The van der Waals surface area contributed by atoms with Gasteiger partial charge in [0.05, 0.1) is 21.1 Å². The van der Waals surface area contributed by atoms with Gasteiger partial charge in [0.1, 0.15) is 5.82 Å². The second kappa shape index (κ2) is 7.06. The second-order valence-corrected chi connectivity index (χ2v) is 7.03. The summed E-state index contributed by atoms with van der Waals surface area (Å²) in [4.78, 5) is 20.3. The van der Waals surface area contributed by atoms with Crippen molar-refractivity contribution in [3.8, 4) is 11.4 Å². The molecule has 0 fully saturated rings. The number of anilines is 1. The normalized spacial score (nSPS) is 10.9. The molecule has 0 bridgehead atoms. The van der Waals surface area contributed by atoms with Crippen molar-refractivity contribution in [3.63, 3.8) is 0 Å². The van der Waals surface area contributed by atoms with Crippen molar-refractivity contribution < 1.29 is 4.79 Å². The molecule has 0 aliphatic carbocycles. The molecule has 0 radical (unpaired) electrons. The highest BCUT2D eigenvalue weighted by Gasteiger charge is 2.10. The number of nitrogens with one attached hydrogen (secondary N) is 2. The first-order chi connectivity index (χ1) is 13.0. The predicted octanol–water partition coefficient (Wildman–Crippen LogP) is 6.10. The Balaban J connectivity index is 1.55. The Kier molecular flexibility index (Phi) is 4.60. The van der Waals surface area contributed by atoms with E-state index in [4.69, 9.17) is 23.2 Å². The van der Waals surface area contributed by atoms with Crippen LogP contribution in [0.15, 0.2) is 60.7 Å². The molecule has 0 aliphatic heterocycles. The Labute approximate surface area is 166 Å². The first-order valence-corrected chi connectivity index (χ1v) is 9.09. The van der Waals surface area contributed by atoms with E-state index in [1.807, 2.05) is 49.4 Å². The van der Waals surface area contributed by atoms with E-state index in [1.165, 1.54) is 0 Å². The van der Waals surface area contributed by atoms with Crippen LogP contribution in [0.25, 0.3) is 22.4 Å². The number of para-hydroxylation sites is 1. The van der Waals surface area contributed by atoms with Gasteiger partial charge in [-0.2, -0.15) is 0 Å². The smallest absolute Gasteiger partial charge is 0.255 e. The van der Waals surface area contributed by atoms with Gasteiger partial charge >= 0.3 is 0 Å². The number of hydrogen-bond acceptors (Lipinski definition) is 2. The molecular weight excluding hydrogens is 381 g/mol. The molecule has 27 heavy (non-hydrogen) atoms. The fourth-order valence-corrected chi connectivity index (χ4v) is 3.16. The van der Waals surface area contributed by atoms with E-state index in [9.17, 15) is 4.79 Å². The number of imidazole rings is 1. The number of benzene rings is 3. The molecule has 1 amide bonds. The van der Waals surface area contributed by atoms with Crippen LogP contribution >= 0.6 is 23.2 Å². The molecule has 2 N–H and O–H groups in total. The van der Waals surface area contributed by atoms with Gasteiger partial charge in [-0.25, -0.2) is 4.98 Å². The van der Waals surface area contributed by atoms with Crippen LogP contribution in [-0.2, 0) is 0 Å². The van der Waals surface area contributed by atoms with Crippen LogP contribution in [0.4, 0.5) is 5.69 Å². The van der Waals surface area contributed by atoms with Gasteiger partial charge < -0.3 is 10.3 Å². The lowest BCUT2D eigenvalue weighted by molar-refractivity contribution is 0.102. The minimum absolute atomic E-state index is 0.249. The summed E-state index contributed by atoms with van der Waals surface area (Å²) in [6, 6.07) is 18.3. The highest BCUT2D eigenvalue weighted by molar-refractivity contribution is 6.42. The zero-order valence-corrected chi connectivity index (χ0v) is 15.9.